The van der Waals surface area contributed by atoms with E-state index < -0.39 is 0 Å². The molecule has 0 unspecified atom stereocenters. The lowest BCUT2D eigenvalue weighted by Crippen LogP contribution is -2.46. The maximum absolute atomic E-state index is 12.4. The third kappa shape index (κ3) is 17.1. The zero-order valence-corrected chi connectivity index (χ0v) is 25.5. The first-order valence-electron chi connectivity index (χ1n) is 13.1. The third-order valence-electron chi connectivity index (χ3n) is 4.74. The minimum atomic E-state index is -0.274. The lowest BCUT2D eigenvalue weighted by atomic mass is 10.1. The van der Waals surface area contributed by atoms with Crippen LogP contribution in [0.5, 0.6) is 0 Å². The number of thiazole rings is 1. The number of likely N-dealkylation sites (N-methyl/N-ethyl adjacent to an activating group) is 2. The molecule has 0 spiro atoms. The average Bonchev–Trinajstić information content (AvgIpc) is 3.35. The molecule has 0 atom stereocenters. The molecule has 2 rings (SSSR count). The van der Waals surface area contributed by atoms with Crippen molar-refractivity contribution in [2.45, 2.75) is 60.8 Å². The zero-order valence-electron chi connectivity index (χ0n) is 24.7. The molecule has 0 fully saturated rings. The van der Waals surface area contributed by atoms with Gasteiger partial charge in [0.1, 0.15) is 18.1 Å². The van der Waals surface area contributed by atoms with Crippen LogP contribution in [-0.4, -0.2) is 74.7 Å². The van der Waals surface area contributed by atoms with Gasteiger partial charge in [0, 0.05) is 48.9 Å². The molecular formula is C28H48N6O4S. The summed E-state index contributed by atoms with van der Waals surface area (Å²) in [6.45, 7) is 16.3. The normalized spacial score (nSPS) is 9.44. The van der Waals surface area contributed by atoms with Crippen molar-refractivity contribution in [3.05, 3.63) is 34.8 Å². The van der Waals surface area contributed by atoms with Gasteiger partial charge in [-0.15, -0.1) is 11.3 Å². The van der Waals surface area contributed by atoms with Crippen LogP contribution in [0.3, 0.4) is 0 Å². The second-order valence-corrected chi connectivity index (χ2v) is 9.38. The monoisotopic (exact) mass is 564 g/mol. The van der Waals surface area contributed by atoms with E-state index in [9.17, 15) is 14.4 Å². The van der Waals surface area contributed by atoms with Crippen molar-refractivity contribution in [3.8, 4) is 10.6 Å². The largest absolute Gasteiger partial charge is 0.353 e. The summed E-state index contributed by atoms with van der Waals surface area (Å²) >= 11 is 1.59. The maximum atomic E-state index is 12.4. The number of nitrogens with two attached hydrogens (primary N) is 1. The Morgan fingerprint density at radius 2 is 1.74 bits per heavy atom. The van der Waals surface area contributed by atoms with Crippen molar-refractivity contribution < 1.29 is 19.2 Å². The highest BCUT2D eigenvalue weighted by Gasteiger charge is 2.19. The number of rotatable bonds is 12. The highest BCUT2D eigenvalue weighted by Crippen LogP contribution is 2.29. The van der Waals surface area contributed by atoms with E-state index in [1.807, 2.05) is 58.1 Å². The number of carbonyl (C=O) groups is 4. The molecule has 0 aliphatic rings. The van der Waals surface area contributed by atoms with Crippen molar-refractivity contribution in [1.29, 1.82) is 0 Å². The summed E-state index contributed by atoms with van der Waals surface area (Å²) in [7, 11) is 1.50. The fourth-order valence-corrected chi connectivity index (χ4v) is 3.74. The number of unbranched alkanes of at least 4 members (excludes halogenated alkanes) is 1. The standard InChI is InChI=1S/C20H30N6O2S.C4H8O.C3H8.CH2O/c1-5-22-8-9-23-18(27)11-26(12-19(28)25(4)21)17-7-6-16(10-14(17)2)20-24-15(3)13-29-20;1-2-3-4-5;1-3-2;1-2/h6-7,10,13,22H,5,8-9,11-12,21H2,1-4H3,(H,23,27);4H,2-3H2,1H3;3H2,1-2H3;1H2. The van der Waals surface area contributed by atoms with Crippen LogP contribution in [0.1, 0.15) is 58.2 Å². The van der Waals surface area contributed by atoms with E-state index in [2.05, 4.69) is 29.5 Å². The van der Waals surface area contributed by atoms with Gasteiger partial charge in [-0.2, -0.15) is 0 Å². The van der Waals surface area contributed by atoms with Gasteiger partial charge in [-0.05, 0) is 50.6 Å². The Balaban J connectivity index is 0. The van der Waals surface area contributed by atoms with Gasteiger partial charge in [0.25, 0.3) is 5.91 Å². The van der Waals surface area contributed by atoms with Gasteiger partial charge in [-0.3, -0.25) is 14.6 Å². The lowest BCUT2D eigenvalue weighted by molar-refractivity contribution is -0.128. The smallest absolute Gasteiger partial charge is 0.255 e. The Hall–Kier alpha value is -3.15. The Kier molecular flexibility index (Phi) is 23.3. The molecule has 0 saturated heterocycles. The quantitative estimate of drug-likeness (QED) is 0.117. The summed E-state index contributed by atoms with van der Waals surface area (Å²) in [5, 5.41) is 10.0. The van der Waals surface area contributed by atoms with Gasteiger partial charge < -0.3 is 25.1 Å². The summed E-state index contributed by atoms with van der Waals surface area (Å²) < 4.78 is 0. The number of amides is 2. The molecule has 1 aromatic heterocycles. The van der Waals surface area contributed by atoms with Crippen LogP contribution < -0.4 is 21.4 Å². The van der Waals surface area contributed by atoms with Crippen LogP contribution in [0.4, 0.5) is 5.69 Å². The average molecular weight is 565 g/mol. The van der Waals surface area contributed by atoms with Crippen molar-refractivity contribution in [2.75, 3.05) is 44.7 Å². The number of hydrogen-bond acceptors (Lipinski definition) is 9. The lowest BCUT2D eigenvalue weighted by Gasteiger charge is -2.27. The molecule has 11 heteroatoms. The maximum Gasteiger partial charge on any atom is 0.255 e. The predicted octanol–water partition coefficient (Wildman–Crippen LogP) is 3.51. The fourth-order valence-electron chi connectivity index (χ4n) is 2.95. The van der Waals surface area contributed by atoms with Crippen LogP contribution in [0, 0.1) is 13.8 Å². The summed E-state index contributed by atoms with van der Waals surface area (Å²) in [5.74, 6) is 5.17. The third-order valence-corrected chi connectivity index (χ3v) is 5.75. The van der Waals surface area contributed by atoms with Crippen molar-refractivity contribution >= 4 is 41.9 Å². The van der Waals surface area contributed by atoms with Gasteiger partial charge in [0.2, 0.25) is 5.91 Å². The second-order valence-electron chi connectivity index (χ2n) is 8.52. The highest BCUT2D eigenvalue weighted by molar-refractivity contribution is 7.13. The first-order chi connectivity index (χ1) is 18.6. The Morgan fingerprint density at radius 1 is 1.10 bits per heavy atom. The molecule has 2 aromatic rings. The molecule has 0 saturated carbocycles. The van der Waals surface area contributed by atoms with E-state index in [0.717, 1.165) is 51.8 Å². The molecule has 39 heavy (non-hydrogen) atoms. The molecule has 2 amide bonds. The number of nitrogens with zero attached hydrogens (tertiary/aromatic N) is 3. The molecule has 220 valence electrons. The SMILES string of the molecule is C=O.CCC.CCCC=O.CCNCCNC(=O)CN(CC(=O)N(C)N)c1ccc(-c2nc(C)cs2)cc1C. The number of hydrazine groups is 1. The number of carbonyl (C=O) groups excluding carboxylic acids is 4. The van der Waals surface area contributed by atoms with E-state index >= 15 is 0 Å². The van der Waals surface area contributed by atoms with Crippen LogP contribution in [0.2, 0.25) is 0 Å². The van der Waals surface area contributed by atoms with Crippen LogP contribution in [-0.2, 0) is 19.2 Å². The van der Waals surface area contributed by atoms with E-state index in [-0.39, 0.29) is 24.9 Å². The summed E-state index contributed by atoms with van der Waals surface area (Å²) in [5.41, 5.74) is 3.78. The number of hydrogen-bond donors (Lipinski definition) is 3. The van der Waals surface area contributed by atoms with Crippen molar-refractivity contribution in [3.63, 3.8) is 0 Å². The summed E-state index contributed by atoms with van der Waals surface area (Å²) in [4.78, 5) is 48.3. The Morgan fingerprint density at radius 3 is 2.18 bits per heavy atom. The van der Waals surface area contributed by atoms with Crippen LogP contribution in [0.15, 0.2) is 23.6 Å². The minimum absolute atomic E-state index is 0.0180. The number of benzene rings is 1. The molecule has 0 bridgehead atoms. The molecule has 10 nitrogen and oxygen atoms in total. The minimum Gasteiger partial charge on any atom is -0.353 e. The molecule has 0 aliphatic heterocycles. The van der Waals surface area contributed by atoms with Gasteiger partial charge in [-0.1, -0.05) is 34.1 Å². The predicted molar refractivity (Wildman–Crippen MR) is 162 cm³/mol. The fraction of sp³-hybridized carbons (Fsp3) is 0.536. The Labute approximate surface area is 238 Å². The number of nitrogens with one attached hydrogen (secondary N) is 2. The first-order valence-corrected chi connectivity index (χ1v) is 14.0. The highest BCUT2D eigenvalue weighted by atomic mass is 32.1. The van der Waals surface area contributed by atoms with Crippen molar-refractivity contribution in [1.82, 2.24) is 20.6 Å². The summed E-state index contributed by atoms with van der Waals surface area (Å²) in [6.07, 6.45) is 3.86. The van der Waals surface area contributed by atoms with Crippen LogP contribution in [0.25, 0.3) is 10.6 Å². The number of aromatic nitrogens is 1. The van der Waals surface area contributed by atoms with Gasteiger partial charge >= 0.3 is 0 Å². The van der Waals surface area contributed by atoms with E-state index in [4.69, 9.17) is 10.6 Å². The summed E-state index contributed by atoms with van der Waals surface area (Å²) in [6, 6.07) is 5.92. The van der Waals surface area contributed by atoms with Crippen LogP contribution >= 0.6 is 11.3 Å². The molecule has 0 aliphatic carbocycles. The van der Waals surface area contributed by atoms with E-state index in [0.29, 0.717) is 19.5 Å². The van der Waals surface area contributed by atoms with Gasteiger partial charge in [0.05, 0.1) is 13.1 Å². The Bertz CT molecular complexity index is 952. The van der Waals surface area contributed by atoms with Gasteiger partial charge in [0.15, 0.2) is 0 Å². The first kappa shape index (κ1) is 38.0. The van der Waals surface area contributed by atoms with Crippen molar-refractivity contribution in [2.24, 2.45) is 5.84 Å². The molecular weight excluding hydrogens is 516 g/mol. The zero-order chi connectivity index (χ0) is 30.2. The van der Waals surface area contributed by atoms with Gasteiger partial charge in [-0.25, -0.2) is 10.8 Å². The molecule has 1 heterocycles. The van der Waals surface area contributed by atoms with E-state index in [1.54, 1.807) is 16.2 Å². The number of anilines is 1. The molecule has 4 N–H and O–H groups in total. The second kappa shape index (κ2) is 23.9. The number of aldehydes is 1. The molecule has 1 aromatic carbocycles. The topological polar surface area (TPSA) is 138 Å². The van der Waals surface area contributed by atoms with E-state index in [1.165, 1.54) is 13.5 Å². The molecule has 0 radical (unpaired) electrons. The number of aryl methyl sites for hydroxylation is 2.